The fourth-order valence-corrected chi connectivity index (χ4v) is 3.75. The van der Waals surface area contributed by atoms with Gasteiger partial charge in [-0.1, -0.05) is 18.2 Å². The molecule has 1 aliphatic carbocycles. The van der Waals surface area contributed by atoms with Crippen molar-refractivity contribution in [2.45, 2.75) is 26.2 Å². The van der Waals surface area contributed by atoms with Gasteiger partial charge in [0, 0.05) is 22.6 Å². The van der Waals surface area contributed by atoms with E-state index in [0.717, 1.165) is 53.0 Å². The number of nitrogens with one attached hydrogen (secondary N) is 2. The lowest BCUT2D eigenvalue weighted by molar-refractivity contribution is -0.110. The number of allylic oxidation sites excluding steroid dienone is 1. The van der Waals surface area contributed by atoms with Crippen LogP contribution in [0.25, 0.3) is 11.1 Å². The number of carbonyl (C=O) groups excluding carboxylic acids is 2. The molecule has 116 valence electrons. The van der Waals surface area contributed by atoms with Crippen molar-refractivity contribution >= 4 is 28.6 Å². The molecule has 1 aromatic heterocycles. The molecular formula is C18H17N3O2. The molecular weight excluding hydrogens is 290 g/mol. The zero-order valence-electron chi connectivity index (χ0n) is 12.8. The minimum atomic E-state index is -0.414. The number of amides is 2. The van der Waals surface area contributed by atoms with E-state index in [4.69, 9.17) is 5.73 Å². The summed E-state index contributed by atoms with van der Waals surface area (Å²) >= 11 is 0. The van der Waals surface area contributed by atoms with E-state index in [2.05, 4.69) is 10.3 Å². The largest absolute Gasteiger partial charge is 0.366 e. The third-order valence-electron chi connectivity index (χ3n) is 4.67. The summed E-state index contributed by atoms with van der Waals surface area (Å²) in [5, 5.41) is 2.92. The predicted octanol–water partition coefficient (Wildman–Crippen LogP) is 2.62. The first kappa shape index (κ1) is 13.8. The lowest BCUT2D eigenvalue weighted by atomic mass is 9.86. The van der Waals surface area contributed by atoms with E-state index in [9.17, 15) is 9.59 Å². The third-order valence-corrected chi connectivity index (χ3v) is 4.67. The highest BCUT2D eigenvalue weighted by atomic mass is 16.2. The zero-order valence-corrected chi connectivity index (χ0v) is 12.8. The van der Waals surface area contributed by atoms with Gasteiger partial charge in [-0.15, -0.1) is 0 Å². The molecule has 0 saturated carbocycles. The first-order valence-corrected chi connectivity index (χ1v) is 7.73. The SMILES string of the molecule is Cc1[nH]c2c(c1C(N)=O)CCC/C2=C1/C(=O)Nc2ccccc21. The summed E-state index contributed by atoms with van der Waals surface area (Å²) in [4.78, 5) is 27.5. The average molecular weight is 307 g/mol. The monoisotopic (exact) mass is 307 g/mol. The van der Waals surface area contributed by atoms with Gasteiger partial charge in [0.15, 0.2) is 0 Å². The molecule has 23 heavy (non-hydrogen) atoms. The van der Waals surface area contributed by atoms with Crippen molar-refractivity contribution < 1.29 is 9.59 Å². The number of para-hydroxylation sites is 1. The van der Waals surface area contributed by atoms with Gasteiger partial charge in [-0.2, -0.15) is 0 Å². The first-order valence-electron chi connectivity index (χ1n) is 7.73. The second-order valence-corrected chi connectivity index (χ2v) is 6.05. The maximum atomic E-state index is 12.5. The number of rotatable bonds is 1. The molecule has 5 nitrogen and oxygen atoms in total. The Bertz CT molecular complexity index is 890. The van der Waals surface area contributed by atoms with Gasteiger partial charge in [-0.25, -0.2) is 0 Å². The number of hydrogen-bond donors (Lipinski definition) is 3. The average Bonchev–Trinajstić information content (AvgIpc) is 3.02. The number of benzene rings is 1. The number of aryl methyl sites for hydroxylation is 1. The zero-order chi connectivity index (χ0) is 16.1. The molecule has 0 saturated heterocycles. The number of carbonyl (C=O) groups is 2. The van der Waals surface area contributed by atoms with Gasteiger partial charge >= 0.3 is 0 Å². The summed E-state index contributed by atoms with van der Waals surface area (Å²) in [5.74, 6) is -0.496. The van der Waals surface area contributed by atoms with Crippen molar-refractivity contribution in [3.8, 4) is 0 Å². The standard InChI is InChI=1S/C18H17N3O2/c1-9-14(17(19)22)11-6-4-7-12(16(11)20-9)15-10-5-2-3-8-13(10)21-18(15)23/h2-3,5,8,20H,4,6-7H2,1H3,(H2,19,22)(H,21,23)/b15-12-. The smallest absolute Gasteiger partial charge is 0.256 e. The lowest BCUT2D eigenvalue weighted by Crippen LogP contribution is -2.15. The molecule has 1 aromatic carbocycles. The molecule has 2 aliphatic rings. The molecule has 0 radical (unpaired) electrons. The summed E-state index contributed by atoms with van der Waals surface area (Å²) in [6.45, 7) is 1.85. The molecule has 0 spiro atoms. The molecule has 1 aliphatic heterocycles. The molecule has 0 fully saturated rings. The topological polar surface area (TPSA) is 88.0 Å². The summed E-state index contributed by atoms with van der Waals surface area (Å²) in [5.41, 5.74) is 12.2. The molecule has 2 aromatic rings. The van der Waals surface area contributed by atoms with Crippen LogP contribution in [0.1, 0.15) is 45.7 Å². The second kappa shape index (κ2) is 4.84. The van der Waals surface area contributed by atoms with Crippen LogP contribution in [0.2, 0.25) is 0 Å². The van der Waals surface area contributed by atoms with Crippen LogP contribution >= 0.6 is 0 Å². The maximum Gasteiger partial charge on any atom is 0.256 e. The van der Waals surface area contributed by atoms with Crippen LogP contribution in [0.5, 0.6) is 0 Å². The maximum absolute atomic E-state index is 12.5. The molecule has 0 bridgehead atoms. The Morgan fingerprint density at radius 2 is 2.00 bits per heavy atom. The normalized spacial score (nSPS) is 19.3. The second-order valence-electron chi connectivity index (χ2n) is 6.05. The summed E-state index contributed by atoms with van der Waals surface area (Å²) in [6, 6.07) is 7.69. The Hall–Kier alpha value is -2.82. The Balaban J connectivity index is 1.99. The van der Waals surface area contributed by atoms with Crippen LogP contribution in [0, 0.1) is 6.92 Å². The fraction of sp³-hybridized carbons (Fsp3) is 0.222. The van der Waals surface area contributed by atoms with Crippen LogP contribution in [0.3, 0.4) is 0 Å². The number of hydrogen-bond acceptors (Lipinski definition) is 2. The predicted molar refractivity (Wildman–Crippen MR) is 88.9 cm³/mol. The van der Waals surface area contributed by atoms with Crippen LogP contribution in [0.4, 0.5) is 5.69 Å². The van der Waals surface area contributed by atoms with Crippen molar-refractivity contribution in [2.24, 2.45) is 5.73 Å². The summed E-state index contributed by atoms with van der Waals surface area (Å²) in [7, 11) is 0. The van der Waals surface area contributed by atoms with Crippen LogP contribution in [-0.4, -0.2) is 16.8 Å². The molecule has 0 atom stereocenters. The van der Waals surface area contributed by atoms with Crippen molar-refractivity contribution in [1.82, 2.24) is 4.98 Å². The van der Waals surface area contributed by atoms with Gasteiger partial charge in [0.05, 0.1) is 11.1 Å². The number of nitrogens with two attached hydrogens (primary N) is 1. The minimum Gasteiger partial charge on any atom is -0.366 e. The Morgan fingerprint density at radius 3 is 2.78 bits per heavy atom. The summed E-state index contributed by atoms with van der Waals surface area (Å²) in [6.07, 6.45) is 2.51. The van der Waals surface area contributed by atoms with E-state index in [1.54, 1.807) is 0 Å². The number of H-pyrrole nitrogens is 1. The highest BCUT2D eigenvalue weighted by Gasteiger charge is 2.32. The highest BCUT2D eigenvalue weighted by molar-refractivity contribution is 6.36. The van der Waals surface area contributed by atoms with Gasteiger partial charge in [0.1, 0.15) is 0 Å². The third kappa shape index (κ3) is 1.93. The van der Waals surface area contributed by atoms with E-state index in [1.165, 1.54) is 0 Å². The number of anilines is 1. The molecule has 0 unspecified atom stereocenters. The van der Waals surface area contributed by atoms with E-state index in [1.807, 2.05) is 31.2 Å². The Labute approximate surface area is 133 Å². The van der Waals surface area contributed by atoms with E-state index >= 15 is 0 Å². The van der Waals surface area contributed by atoms with Gasteiger partial charge in [0.25, 0.3) is 11.8 Å². The number of aromatic amines is 1. The van der Waals surface area contributed by atoms with E-state index in [-0.39, 0.29) is 5.91 Å². The van der Waals surface area contributed by atoms with Crippen molar-refractivity contribution in [3.63, 3.8) is 0 Å². The number of aromatic nitrogens is 1. The summed E-state index contributed by atoms with van der Waals surface area (Å²) < 4.78 is 0. The number of primary amides is 1. The first-order chi connectivity index (χ1) is 11.1. The molecule has 4 N–H and O–H groups in total. The molecule has 4 rings (SSSR count). The Kier molecular flexibility index (Phi) is 2.91. The number of fused-ring (bicyclic) bond motifs is 2. The molecule has 5 heteroatoms. The van der Waals surface area contributed by atoms with Crippen molar-refractivity contribution in [3.05, 3.63) is 52.3 Å². The van der Waals surface area contributed by atoms with E-state index in [0.29, 0.717) is 11.1 Å². The van der Waals surface area contributed by atoms with Crippen molar-refractivity contribution in [2.75, 3.05) is 5.32 Å². The molecule has 2 heterocycles. The van der Waals surface area contributed by atoms with Gasteiger partial charge in [-0.05, 0) is 43.4 Å². The van der Waals surface area contributed by atoms with Crippen molar-refractivity contribution in [1.29, 1.82) is 0 Å². The van der Waals surface area contributed by atoms with Crippen LogP contribution in [0.15, 0.2) is 24.3 Å². The highest BCUT2D eigenvalue weighted by Crippen LogP contribution is 2.42. The van der Waals surface area contributed by atoms with Gasteiger partial charge in [0.2, 0.25) is 0 Å². The fourth-order valence-electron chi connectivity index (χ4n) is 3.75. The van der Waals surface area contributed by atoms with Crippen LogP contribution < -0.4 is 11.1 Å². The van der Waals surface area contributed by atoms with Crippen LogP contribution in [-0.2, 0) is 11.2 Å². The van der Waals surface area contributed by atoms with E-state index < -0.39 is 5.91 Å². The lowest BCUT2D eigenvalue weighted by Gasteiger charge is -2.18. The van der Waals surface area contributed by atoms with Gasteiger partial charge < -0.3 is 16.0 Å². The van der Waals surface area contributed by atoms with Gasteiger partial charge in [-0.3, -0.25) is 9.59 Å². The molecule has 2 amide bonds. The Morgan fingerprint density at radius 1 is 1.22 bits per heavy atom. The quantitative estimate of drug-likeness (QED) is 0.707. The minimum absolute atomic E-state index is 0.0815.